The highest BCUT2D eigenvalue weighted by molar-refractivity contribution is 6.05. The van der Waals surface area contributed by atoms with E-state index in [2.05, 4.69) is 6.58 Å². The van der Waals surface area contributed by atoms with Crippen molar-refractivity contribution < 1.29 is 9.90 Å². The molecule has 0 aliphatic heterocycles. The normalized spacial score (nSPS) is 11.9. The van der Waals surface area contributed by atoms with Crippen LogP contribution in [0.25, 0.3) is 0 Å². The molecule has 0 atom stereocenters. The summed E-state index contributed by atoms with van der Waals surface area (Å²) in [5.41, 5.74) is 0.248. The van der Waals surface area contributed by atoms with Crippen LogP contribution in [0.2, 0.25) is 0 Å². The van der Waals surface area contributed by atoms with Gasteiger partial charge in [0.25, 0.3) is 0 Å². The molecule has 0 aromatic heterocycles. The van der Waals surface area contributed by atoms with E-state index in [0.29, 0.717) is 0 Å². The predicted octanol–water partition coefficient (Wildman–Crippen LogP) is 1.76. The van der Waals surface area contributed by atoms with Crippen molar-refractivity contribution in [3.05, 3.63) is 36.6 Å². The summed E-state index contributed by atoms with van der Waals surface area (Å²) < 4.78 is 0. The number of hydrogen-bond donors (Lipinski definition) is 1. The molecular weight excluding hydrogens is 128 g/mol. The molecule has 0 bridgehead atoms. The van der Waals surface area contributed by atoms with Crippen LogP contribution in [0.4, 0.5) is 0 Å². The molecule has 0 aromatic rings. The number of carbonyl (C=O) groups is 1. The average Bonchev–Trinajstić information content (AvgIpc) is 1.99. The number of hydrogen-bond acceptors (Lipinski definition) is 2. The van der Waals surface area contributed by atoms with Gasteiger partial charge in [-0.3, -0.25) is 4.79 Å². The number of aliphatic hydroxyl groups excluding tert-OH is 1. The Morgan fingerprint density at radius 3 is 2.50 bits per heavy atom. The summed E-state index contributed by atoms with van der Waals surface area (Å²) in [6.07, 6.45) is 5.11. The minimum atomic E-state index is -0.277. The molecule has 10 heavy (non-hydrogen) atoms. The Labute approximate surface area is 60.2 Å². The smallest absolute Gasteiger partial charge is 0.188 e. The Balaban J connectivity index is 4.37. The number of rotatable bonds is 3. The number of ketones is 1. The summed E-state index contributed by atoms with van der Waals surface area (Å²) in [5, 5.41) is 8.48. The van der Waals surface area contributed by atoms with Gasteiger partial charge in [-0.15, -0.1) is 0 Å². The van der Waals surface area contributed by atoms with Gasteiger partial charge in [0, 0.05) is 0 Å². The zero-order valence-corrected chi connectivity index (χ0v) is 5.87. The molecule has 0 fully saturated rings. The van der Waals surface area contributed by atoms with E-state index in [1.807, 2.05) is 0 Å². The summed E-state index contributed by atoms with van der Waals surface area (Å²) in [6.45, 7) is 5.04. The molecular formula is C8H10O2. The second-order valence-corrected chi connectivity index (χ2v) is 1.65. The van der Waals surface area contributed by atoms with Gasteiger partial charge in [0.15, 0.2) is 5.78 Å². The fourth-order valence-electron chi connectivity index (χ4n) is 0.486. The van der Waals surface area contributed by atoms with Crippen LogP contribution >= 0.6 is 0 Å². The monoisotopic (exact) mass is 138 g/mol. The fraction of sp³-hybridized carbons (Fsp3) is 0.125. The minimum Gasteiger partial charge on any atom is -0.515 e. The van der Waals surface area contributed by atoms with Crippen molar-refractivity contribution in [2.75, 3.05) is 0 Å². The maximum atomic E-state index is 10.7. The summed E-state index contributed by atoms with van der Waals surface area (Å²) in [6, 6.07) is 0. The minimum absolute atomic E-state index is 0.248. The van der Waals surface area contributed by atoms with Gasteiger partial charge in [-0.25, -0.2) is 0 Å². The van der Waals surface area contributed by atoms with Crippen molar-refractivity contribution in [1.29, 1.82) is 0 Å². The third-order valence-corrected chi connectivity index (χ3v) is 0.955. The highest BCUT2D eigenvalue weighted by Gasteiger charge is 1.98. The van der Waals surface area contributed by atoms with Crippen molar-refractivity contribution in [3.8, 4) is 0 Å². The number of aliphatic hydroxyl groups is 1. The first kappa shape index (κ1) is 8.69. The van der Waals surface area contributed by atoms with Gasteiger partial charge in [0.1, 0.15) is 0 Å². The molecule has 0 saturated carbocycles. The van der Waals surface area contributed by atoms with Crippen molar-refractivity contribution in [2.45, 2.75) is 6.92 Å². The second-order valence-electron chi connectivity index (χ2n) is 1.65. The van der Waals surface area contributed by atoms with E-state index in [1.165, 1.54) is 6.08 Å². The van der Waals surface area contributed by atoms with Gasteiger partial charge in [0.2, 0.25) is 0 Å². The Morgan fingerprint density at radius 2 is 2.20 bits per heavy atom. The lowest BCUT2D eigenvalue weighted by molar-refractivity contribution is -0.111. The van der Waals surface area contributed by atoms with Crippen LogP contribution in [-0.4, -0.2) is 10.9 Å². The lowest BCUT2D eigenvalue weighted by Crippen LogP contribution is -1.94. The van der Waals surface area contributed by atoms with E-state index in [1.54, 1.807) is 13.0 Å². The van der Waals surface area contributed by atoms with Crippen LogP contribution in [0.1, 0.15) is 6.92 Å². The van der Waals surface area contributed by atoms with Crippen LogP contribution in [0, 0.1) is 0 Å². The SMILES string of the molecule is C=CC(=O)C(=CO)/C=C\C. The second kappa shape index (κ2) is 4.56. The van der Waals surface area contributed by atoms with Crippen LogP contribution in [-0.2, 0) is 4.79 Å². The average molecular weight is 138 g/mol. The molecule has 2 nitrogen and oxygen atoms in total. The van der Waals surface area contributed by atoms with Gasteiger partial charge in [-0.1, -0.05) is 18.7 Å². The Bertz CT molecular complexity index is 187. The fourth-order valence-corrected chi connectivity index (χ4v) is 0.486. The number of allylic oxidation sites excluding steroid dienone is 4. The molecule has 0 aliphatic rings. The summed E-state index contributed by atoms with van der Waals surface area (Å²) >= 11 is 0. The molecule has 0 heterocycles. The molecule has 0 spiro atoms. The lowest BCUT2D eigenvalue weighted by Gasteiger charge is -1.90. The van der Waals surface area contributed by atoms with Crippen LogP contribution in [0.5, 0.6) is 0 Å². The van der Waals surface area contributed by atoms with Gasteiger partial charge >= 0.3 is 0 Å². The summed E-state index contributed by atoms with van der Waals surface area (Å²) in [4.78, 5) is 10.7. The van der Waals surface area contributed by atoms with Crippen molar-refractivity contribution >= 4 is 5.78 Å². The lowest BCUT2D eigenvalue weighted by atomic mass is 10.2. The van der Waals surface area contributed by atoms with Gasteiger partial charge in [0.05, 0.1) is 11.8 Å². The Kier molecular flexibility index (Phi) is 3.96. The molecule has 0 aliphatic carbocycles. The topological polar surface area (TPSA) is 37.3 Å². The molecule has 0 amide bonds. The van der Waals surface area contributed by atoms with E-state index < -0.39 is 0 Å². The zero-order valence-electron chi connectivity index (χ0n) is 5.87. The number of carbonyl (C=O) groups excluding carboxylic acids is 1. The molecule has 0 unspecified atom stereocenters. The quantitative estimate of drug-likeness (QED) is 0.366. The highest BCUT2D eigenvalue weighted by Crippen LogP contribution is 1.97. The molecule has 0 rings (SSSR count). The molecule has 1 N–H and O–H groups in total. The standard InChI is InChI=1S/C8H10O2/c1-3-5-7(6-9)8(10)4-2/h3-6,9H,2H2,1H3/b5-3-,7-6?. The largest absolute Gasteiger partial charge is 0.515 e. The predicted molar refractivity (Wildman–Crippen MR) is 40.7 cm³/mol. The Morgan fingerprint density at radius 1 is 1.60 bits per heavy atom. The van der Waals surface area contributed by atoms with E-state index >= 15 is 0 Å². The molecule has 2 heteroatoms. The van der Waals surface area contributed by atoms with Crippen LogP contribution in [0.3, 0.4) is 0 Å². The Hall–Kier alpha value is -1.31. The third-order valence-electron chi connectivity index (χ3n) is 0.955. The third kappa shape index (κ3) is 2.31. The molecule has 0 saturated heterocycles. The first-order valence-corrected chi connectivity index (χ1v) is 2.90. The van der Waals surface area contributed by atoms with Gasteiger partial charge in [-0.2, -0.15) is 0 Å². The van der Waals surface area contributed by atoms with Gasteiger partial charge in [-0.05, 0) is 13.0 Å². The van der Waals surface area contributed by atoms with E-state index in [9.17, 15) is 4.79 Å². The first-order chi connectivity index (χ1) is 4.76. The zero-order chi connectivity index (χ0) is 7.98. The maximum absolute atomic E-state index is 10.7. The van der Waals surface area contributed by atoms with E-state index in [-0.39, 0.29) is 11.4 Å². The van der Waals surface area contributed by atoms with Crippen LogP contribution < -0.4 is 0 Å². The van der Waals surface area contributed by atoms with Crippen LogP contribution in [0.15, 0.2) is 36.6 Å². The summed E-state index contributed by atoms with van der Waals surface area (Å²) in [7, 11) is 0. The molecule has 0 aromatic carbocycles. The summed E-state index contributed by atoms with van der Waals surface area (Å²) in [5.74, 6) is -0.277. The van der Waals surface area contributed by atoms with Crippen molar-refractivity contribution in [2.24, 2.45) is 0 Å². The van der Waals surface area contributed by atoms with Crippen molar-refractivity contribution in [1.82, 2.24) is 0 Å². The van der Waals surface area contributed by atoms with E-state index in [4.69, 9.17) is 5.11 Å². The van der Waals surface area contributed by atoms with Gasteiger partial charge < -0.3 is 5.11 Å². The first-order valence-electron chi connectivity index (χ1n) is 2.90. The highest BCUT2D eigenvalue weighted by atomic mass is 16.2. The van der Waals surface area contributed by atoms with Crippen molar-refractivity contribution in [3.63, 3.8) is 0 Å². The molecule has 54 valence electrons. The molecule has 0 radical (unpaired) electrons. The van der Waals surface area contributed by atoms with E-state index in [0.717, 1.165) is 12.3 Å². The maximum Gasteiger partial charge on any atom is 0.188 e.